The summed E-state index contributed by atoms with van der Waals surface area (Å²) in [6, 6.07) is 6.66. The van der Waals surface area contributed by atoms with Gasteiger partial charge in [-0.25, -0.2) is 9.10 Å². The molecule has 1 atom stereocenters. The number of carbonyl (C=O) groups is 1. The second kappa shape index (κ2) is 9.52. The predicted molar refractivity (Wildman–Crippen MR) is 104 cm³/mol. The maximum atomic E-state index is 10.6. The van der Waals surface area contributed by atoms with E-state index in [0.717, 1.165) is 37.4 Å². The minimum Gasteiger partial charge on any atom is -0.465 e. The van der Waals surface area contributed by atoms with Crippen LogP contribution < -0.4 is 11.1 Å². The Labute approximate surface area is 158 Å². The van der Waals surface area contributed by atoms with Crippen molar-refractivity contribution in [2.75, 3.05) is 31.9 Å². The van der Waals surface area contributed by atoms with Crippen molar-refractivity contribution in [3.8, 4) is 0 Å². The number of nitrogens with one attached hydrogen (secondary N) is 1. The lowest BCUT2D eigenvalue weighted by Gasteiger charge is -2.29. The lowest BCUT2D eigenvalue weighted by molar-refractivity contribution is 0.194. The molecule has 1 saturated heterocycles. The van der Waals surface area contributed by atoms with Crippen molar-refractivity contribution in [3.05, 3.63) is 23.2 Å². The van der Waals surface area contributed by atoms with Gasteiger partial charge in [0, 0.05) is 43.2 Å². The highest BCUT2D eigenvalue weighted by atomic mass is 35.5. The van der Waals surface area contributed by atoms with Crippen molar-refractivity contribution >= 4 is 35.3 Å². The summed E-state index contributed by atoms with van der Waals surface area (Å²) in [5.74, 6) is 0. The van der Waals surface area contributed by atoms with Crippen LogP contribution in [0, 0.1) is 0 Å². The summed E-state index contributed by atoms with van der Waals surface area (Å²) in [4.78, 5) is 14.1. The van der Waals surface area contributed by atoms with Crippen LogP contribution in [0.1, 0.15) is 26.7 Å². The molecule has 2 rings (SSSR count). The molecular weight excluding hydrogens is 360 g/mol. The molecule has 0 radical (unpaired) electrons. The van der Waals surface area contributed by atoms with Crippen LogP contribution >= 0.6 is 23.5 Å². The van der Waals surface area contributed by atoms with Gasteiger partial charge in [-0.2, -0.15) is 0 Å². The van der Waals surface area contributed by atoms with Gasteiger partial charge >= 0.3 is 6.09 Å². The minimum absolute atomic E-state index is 0.439. The summed E-state index contributed by atoms with van der Waals surface area (Å²) in [5.41, 5.74) is 6.50. The number of nitrogen functional groups attached to an aromatic ring is 1. The number of halogens is 1. The summed E-state index contributed by atoms with van der Waals surface area (Å²) >= 11 is 7.69. The number of likely N-dealkylation sites (tertiary alicyclic amines) is 1. The van der Waals surface area contributed by atoms with Crippen LogP contribution in [0.15, 0.2) is 23.1 Å². The maximum absolute atomic E-state index is 10.6. The van der Waals surface area contributed by atoms with Gasteiger partial charge in [-0.15, -0.1) is 0 Å². The molecule has 6 nitrogen and oxygen atoms in total. The van der Waals surface area contributed by atoms with Gasteiger partial charge in [-0.1, -0.05) is 11.6 Å². The zero-order chi connectivity index (χ0) is 18.4. The standard InChI is InChI=1S/C17H27ClN4O2S/c1-12(2)21-9-6-13(11-21)22(8-3-7-20-17(23)24)25-14-4-5-15(18)16(19)10-14/h4-5,10,12-13,20H,3,6-9,11,19H2,1-2H3,(H,23,24)/t13-/m0/s1. The van der Waals surface area contributed by atoms with Crippen LogP contribution in [0.5, 0.6) is 0 Å². The van der Waals surface area contributed by atoms with E-state index in [4.69, 9.17) is 22.4 Å². The third-order valence-electron chi connectivity index (χ3n) is 4.35. The molecular formula is C17H27ClN4O2S. The van der Waals surface area contributed by atoms with E-state index >= 15 is 0 Å². The first-order valence-electron chi connectivity index (χ1n) is 8.57. The van der Waals surface area contributed by atoms with Gasteiger partial charge in [-0.05, 0) is 56.8 Å². The van der Waals surface area contributed by atoms with E-state index in [1.54, 1.807) is 11.9 Å². The summed E-state index contributed by atoms with van der Waals surface area (Å²) in [6.07, 6.45) is 0.901. The van der Waals surface area contributed by atoms with Crippen LogP contribution in [-0.2, 0) is 0 Å². The summed E-state index contributed by atoms with van der Waals surface area (Å²) in [5, 5.41) is 11.7. The number of nitrogens with two attached hydrogens (primary N) is 1. The Hall–Kier alpha value is -1.15. The minimum atomic E-state index is -0.975. The first-order valence-corrected chi connectivity index (χ1v) is 9.72. The van der Waals surface area contributed by atoms with Crippen LogP contribution in [0.25, 0.3) is 0 Å². The molecule has 0 bridgehead atoms. The molecule has 0 aliphatic carbocycles. The molecule has 140 valence electrons. The van der Waals surface area contributed by atoms with Crippen LogP contribution in [0.4, 0.5) is 10.5 Å². The quantitative estimate of drug-likeness (QED) is 0.361. The maximum Gasteiger partial charge on any atom is 0.404 e. The molecule has 1 aliphatic rings. The number of carboxylic acid groups (broad SMARTS) is 1. The normalized spacial score (nSPS) is 18.2. The second-order valence-electron chi connectivity index (χ2n) is 6.53. The molecule has 1 aromatic carbocycles. The van der Waals surface area contributed by atoms with E-state index < -0.39 is 6.09 Å². The Morgan fingerprint density at radius 1 is 1.56 bits per heavy atom. The molecule has 0 unspecified atom stereocenters. The van der Waals surface area contributed by atoms with Gasteiger partial charge in [-0.3, -0.25) is 4.90 Å². The van der Waals surface area contributed by atoms with Gasteiger partial charge in [0.1, 0.15) is 0 Å². The summed E-state index contributed by atoms with van der Waals surface area (Å²) < 4.78 is 2.36. The first-order chi connectivity index (χ1) is 11.9. The van der Waals surface area contributed by atoms with Crippen LogP contribution in [0.3, 0.4) is 0 Å². The van der Waals surface area contributed by atoms with E-state index in [-0.39, 0.29) is 0 Å². The van der Waals surface area contributed by atoms with Gasteiger partial charge in [0.05, 0.1) is 10.7 Å². The third-order valence-corrected chi connectivity index (χ3v) is 5.88. The van der Waals surface area contributed by atoms with Crippen molar-refractivity contribution in [3.63, 3.8) is 0 Å². The van der Waals surface area contributed by atoms with Crippen molar-refractivity contribution in [2.45, 2.75) is 43.7 Å². The van der Waals surface area contributed by atoms with Crippen molar-refractivity contribution in [2.24, 2.45) is 0 Å². The smallest absolute Gasteiger partial charge is 0.404 e. The van der Waals surface area contributed by atoms with Crippen molar-refractivity contribution in [1.82, 2.24) is 14.5 Å². The zero-order valence-corrected chi connectivity index (χ0v) is 16.3. The fraction of sp³-hybridized carbons (Fsp3) is 0.588. The summed E-state index contributed by atoms with van der Waals surface area (Å²) in [6.45, 7) is 7.82. The van der Waals surface area contributed by atoms with Crippen LogP contribution in [0.2, 0.25) is 5.02 Å². The van der Waals surface area contributed by atoms with Crippen molar-refractivity contribution in [1.29, 1.82) is 0 Å². The molecule has 4 N–H and O–H groups in total. The van der Waals surface area contributed by atoms with E-state index in [1.807, 2.05) is 18.2 Å². The van der Waals surface area contributed by atoms with E-state index in [2.05, 4.69) is 28.4 Å². The van der Waals surface area contributed by atoms with Crippen molar-refractivity contribution < 1.29 is 9.90 Å². The van der Waals surface area contributed by atoms with Gasteiger partial charge < -0.3 is 16.2 Å². The number of hydrogen-bond donors (Lipinski definition) is 3. The number of nitrogens with zero attached hydrogens (tertiary/aromatic N) is 2. The molecule has 0 saturated carbocycles. The SMILES string of the molecule is CC(C)N1CC[C@H](N(CCCNC(=O)O)Sc2ccc(Cl)c(N)c2)C1. The highest BCUT2D eigenvalue weighted by molar-refractivity contribution is 7.97. The second-order valence-corrected chi connectivity index (χ2v) is 8.06. The summed E-state index contributed by atoms with van der Waals surface area (Å²) in [7, 11) is 0. The lowest BCUT2D eigenvalue weighted by atomic mass is 10.2. The largest absolute Gasteiger partial charge is 0.465 e. The van der Waals surface area contributed by atoms with E-state index in [1.165, 1.54) is 0 Å². The zero-order valence-electron chi connectivity index (χ0n) is 14.7. The Morgan fingerprint density at radius 2 is 2.32 bits per heavy atom. The molecule has 1 aliphatic heterocycles. The molecule has 25 heavy (non-hydrogen) atoms. The molecule has 8 heteroatoms. The fourth-order valence-corrected chi connectivity index (χ4v) is 4.16. The Morgan fingerprint density at radius 3 is 2.92 bits per heavy atom. The van der Waals surface area contributed by atoms with Gasteiger partial charge in [0.15, 0.2) is 0 Å². The third kappa shape index (κ3) is 6.26. The average Bonchev–Trinajstić information content (AvgIpc) is 3.03. The van der Waals surface area contributed by atoms with E-state index in [9.17, 15) is 4.79 Å². The molecule has 1 amide bonds. The van der Waals surface area contributed by atoms with Gasteiger partial charge in [0.25, 0.3) is 0 Å². The predicted octanol–water partition coefficient (Wildman–Crippen LogP) is 3.37. The molecule has 1 heterocycles. The van der Waals surface area contributed by atoms with Gasteiger partial charge in [0.2, 0.25) is 0 Å². The Kier molecular flexibility index (Phi) is 7.68. The Balaban J connectivity index is 2.00. The number of hydrogen-bond acceptors (Lipinski definition) is 5. The fourth-order valence-electron chi connectivity index (χ4n) is 2.92. The number of rotatable bonds is 8. The lowest BCUT2D eigenvalue weighted by Crippen LogP contribution is -2.36. The highest BCUT2D eigenvalue weighted by Gasteiger charge is 2.29. The number of anilines is 1. The molecule has 1 aromatic rings. The monoisotopic (exact) mass is 386 g/mol. The molecule has 0 spiro atoms. The molecule has 1 fully saturated rings. The average molecular weight is 387 g/mol. The number of amides is 1. The first kappa shape index (κ1) is 20.2. The number of benzene rings is 1. The van der Waals surface area contributed by atoms with Crippen LogP contribution in [-0.4, -0.2) is 58.7 Å². The molecule has 0 aromatic heterocycles. The highest BCUT2D eigenvalue weighted by Crippen LogP contribution is 2.32. The topological polar surface area (TPSA) is 81.8 Å². The van der Waals surface area contributed by atoms with E-state index in [0.29, 0.717) is 29.3 Å². The Bertz CT molecular complexity index is 588.